The third kappa shape index (κ3) is 5.17. The van der Waals surface area contributed by atoms with E-state index in [1.165, 1.54) is 20.3 Å². The summed E-state index contributed by atoms with van der Waals surface area (Å²) < 4.78 is 9.83. The van der Waals surface area contributed by atoms with Crippen LogP contribution in [0.25, 0.3) is 0 Å². The monoisotopic (exact) mass is 519 g/mol. The number of rotatable bonds is 7. The van der Waals surface area contributed by atoms with E-state index in [9.17, 15) is 19.2 Å². The number of methoxy groups -OCH3 is 2. The van der Waals surface area contributed by atoms with Crippen molar-refractivity contribution in [3.05, 3.63) is 94.1 Å². The average molecular weight is 520 g/mol. The Bertz CT molecular complexity index is 1450. The Kier molecular flexibility index (Phi) is 7.26. The maximum atomic E-state index is 13.1. The Morgan fingerprint density at radius 2 is 1.62 bits per heavy atom. The molecular formula is C27H22ClN3O6. The Hall–Kier alpha value is -4.63. The number of nitrogens with one attached hydrogen (secondary N) is 2. The number of aryl methyl sites for hydroxylation is 1. The Morgan fingerprint density at radius 1 is 0.892 bits per heavy atom. The fraction of sp³-hybridized carbons (Fsp3) is 0.111. The zero-order valence-electron chi connectivity index (χ0n) is 20.1. The van der Waals surface area contributed by atoms with Gasteiger partial charge in [0.25, 0.3) is 17.7 Å². The number of benzene rings is 3. The molecule has 3 aromatic carbocycles. The van der Waals surface area contributed by atoms with Crippen LogP contribution >= 0.6 is 11.6 Å². The van der Waals surface area contributed by atoms with Crippen molar-refractivity contribution in [2.75, 3.05) is 29.8 Å². The molecule has 0 unspecified atom stereocenters. The van der Waals surface area contributed by atoms with Gasteiger partial charge in [0.1, 0.15) is 16.5 Å². The molecule has 3 amide bonds. The quantitative estimate of drug-likeness (QED) is 0.349. The summed E-state index contributed by atoms with van der Waals surface area (Å²) >= 11 is 6.25. The molecule has 1 aliphatic heterocycles. The van der Waals surface area contributed by atoms with Gasteiger partial charge in [-0.1, -0.05) is 23.7 Å². The molecule has 37 heavy (non-hydrogen) atoms. The van der Waals surface area contributed by atoms with Crippen LogP contribution < -0.4 is 20.3 Å². The molecule has 0 bridgehead atoms. The standard InChI is InChI=1S/C27H22ClN3O6/c1-15-7-8-16(24(32)29-18-6-4-5-17(13-18)27(35)37-3)14-21(15)30-23-22(28)25(33)31(26(23)34)19-9-11-20(36-2)12-10-19/h4-14,30H,1-3H3,(H,29,32). The number of amides is 3. The normalized spacial score (nSPS) is 13.0. The number of esters is 1. The van der Waals surface area contributed by atoms with Crippen molar-refractivity contribution < 1.29 is 28.7 Å². The summed E-state index contributed by atoms with van der Waals surface area (Å²) in [6, 6.07) is 17.6. The number of imide groups is 1. The van der Waals surface area contributed by atoms with Gasteiger partial charge in [0, 0.05) is 16.9 Å². The second kappa shape index (κ2) is 10.5. The molecule has 10 heteroatoms. The summed E-state index contributed by atoms with van der Waals surface area (Å²) in [5, 5.41) is 5.38. The van der Waals surface area contributed by atoms with E-state index in [1.54, 1.807) is 67.6 Å². The first-order chi connectivity index (χ1) is 17.7. The van der Waals surface area contributed by atoms with Crippen LogP contribution in [0.1, 0.15) is 26.3 Å². The van der Waals surface area contributed by atoms with Gasteiger partial charge in [0.2, 0.25) is 0 Å². The topological polar surface area (TPSA) is 114 Å². The number of anilines is 3. The minimum absolute atomic E-state index is 0.103. The van der Waals surface area contributed by atoms with Crippen LogP contribution in [0, 0.1) is 6.92 Å². The second-order valence-corrected chi connectivity index (χ2v) is 8.39. The molecular weight excluding hydrogens is 498 g/mol. The molecule has 0 spiro atoms. The summed E-state index contributed by atoms with van der Waals surface area (Å²) in [6.07, 6.45) is 0. The molecule has 4 rings (SSSR count). The van der Waals surface area contributed by atoms with Crippen molar-refractivity contribution in [3.63, 3.8) is 0 Å². The highest BCUT2D eigenvalue weighted by molar-refractivity contribution is 6.53. The lowest BCUT2D eigenvalue weighted by Crippen LogP contribution is -2.32. The molecule has 0 atom stereocenters. The average Bonchev–Trinajstić information content (AvgIpc) is 3.12. The van der Waals surface area contributed by atoms with Gasteiger partial charge in [0.05, 0.1) is 25.5 Å². The first-order valence-corrected chi connectivity index (χ1v) is 11.4. The lowest BCUT2D eigenvalue weighted by molar-refractivity contribution is -0.120. The van der Waals surface area contributed by atoms with E-state index in [1.807, 2.05) is 0 Å². The number of hydrogen-bond donors (Lipinski definition) is 2. The minimum atomic E-state index is -0.670. The van der Waals surface area contributed by atoms with Gasteiger partial charge in [-0.15, -0.1) is 0 Å². The SMILES string of the molecule is COC(=O)c1cccc(NC(=O)c2ccc(C)c(NC3=C(Cl)C(=O)N(c4ccc(OC)cc4)C3=O)c2)c1. The van der Waals surface area contributed by atoms with E-state index in [2.05, 4.69) is 10.6 Å². The van der Waals surface area contributed by atoms with Gasteiger partial charge in [-0.05, 0) is 67.1 Å². The van der Waals surface area contributed by atoms with Crippen molar-refractivity contribution in [2.24, 2.45) is 0 Å². The van der Waals surface area contributed by atoms with E-state index in [-0.39, 0.29) is 16.3 Å². The van der Waals surface area contributed by atoms with Gasteiger partial charge in [-0.2, -0.15) is 0 Å². The highest BCUT2D eigenvalue weighted by Gasteiger charge is 2.39. The van der Waals surface area contributed by atoms with Gasteiger partial charge in [-0.3, -0.25) is 14.4 Å². The lowest BCUT2D eigenvalue weighted by Gasteiger charge is -2.16. The van der Waals surface area contributed by atoms with Crippen molar-refractivity contribution in [1.82, 2.24) is 0 Å². The molecule has 0 aromatic heterocycles. The van der Waals surface area contributed by atoms with E-state index in [4.69, 9.17) is 21.1 Å². The van der Waals surface area contributed by atoms with Crippen LogP contribution in [-0.4, -0.2) is 37.9 Å². The van der Waals surface area contributed by atoms with E-state index < -0.39 is 23.7 Å². The van der Waals surface area contributed by atoms with Crippen molar-refractivity contribution >= 4 is 52.4 Å². The number of carbonyl (C=O) groups is 4. The number of hydrogen-bond acceptors (Lipinski definition) is 7. The van der Waals surface area contributed by atoms with Gasteiger partial charge in [0.15, 0.2) is 0 Å². The third-order valence-corrected chi connectivity index (χ3v) is 6.01. The summed E-state index contributed by atoms with van der Waals surface area (Å²) in [4.78, 5) is 51.5. The Balaban J connectivity index is 1.55. The maximum absolute atomic E-state index is 13.1. The minimum Gasteiger partial charge on any atom is -0.497 e. The number of carbonyl (C=O) groups excluding carboxylic acids is 4. The first-order valence-electron chi connectivity index (χ1n) is 11.0. The highest BCUT2D eigenvalue weighted by atomic mass is 35.5. The third-order valence-electron chi connectivity index (χ3n) is 5.66. The predicted molar refractivity (Wildman–Crippen MR) is 139 cm³/mol. The molecule has 0 saturated heterocycles. The summed E-state index contributed by atoms with van der Waals surface area (Å²) in [5.41, 5.74) is 2.33. The van der Waals surface area contributed by atoms with E-state index in [0.29, 0.717) is 33.9 Å². The number of nitrogens with zero attached hydrogens (tertiary/aromatic N) is 1. The molecule has 1 heterocycles. The van der Waals surface area contributed by atoms with Crippen molar-refractivity contribution in [1.29, 1.82) is 0 Å². The zero-order chi connectivity index (χ0) is 26.7. The van der Waals surface area contributed by atoms with Crippen LogP contribution in [-0.2, 0) is 14.3 Å². The molecule has 2 N–H and O–H groups in total. The summed E-state index contributed by atoms with van der Waals surface area (Å²) in [6.45, 7) is 1.78. The van der Waals surface area contributed by atoms with E-state index in [0.717, 1.165) is 4.90 Å². The van der Waals surface area contributed by atoms with Crippen LogP contribution in [0.3, 0.4) is 0 Å². The molecule has 0 radical (unpaired) electrons. The van der Waals surface area contributed by atoms with Gasteiger partial charge < -0.3 is 20.1 Å². The fourth-order valence-corrected chi connectivity index (χ4v) is 3.87. The second-order valence-electron chi connectivity index (χ2n) is 8.01. The fourth-order valence-electron chi connectivity index (χ4n) is 3.65. The molecule has 0 fully saturated rings. The van der Waals surface area contributed by atoms with Crippen molar-refractivity contribution in [2.45, 2.75) is 6.92 Å². The van der Waals surface area contributed by atoms with Gasteiger partial charge in [-0.25, -0.2) is 9.69 Å². The van der Waals surface area contributed by atoms with Crippen LogP contribution in [0.5, 0.6) is 5.75 Å². The van der Waals surface area contributed by atoms with Crippen LogP contribution in [0.2, 0.25) is 0 Å². The smallest absolute Gasteiger partial charge is 0.337 e. The number of ether oxygens (including phenoxy) is 2. The van der Waals surface area contributed by atoms with Gasteiger partial charge >= 0.3 is 5.97 Å². The van der Waals surface area contributed by atoms with Crippen LogP contribution in [0.15, 0.2) is 77.5 Å². The maximum Gasteiger partial charge on any atom is 0.337 e. The summed E-state index contributed by atoms with van der Waals surface area (Å²) in [7, 11) is 2.78. The number of halogens is 1. The lowest BCUT2D eigenvalue weighted by atomic mass is 10.1. The summed E-state index contributed by atoms with van der Waals surface area (Å²) in [5.74, 6) is -1.70. The van der Waals surface area contributed by atoms with Crippen LogP contribution in [0.4, 0.5) is 17.1 Å². The molecule has 188 valence electrons. The molecule has 9 nitrogen and oxygen atoms in total. The Labute approximate surface area is 217 Å². The zero-order valence-corrected chi connectivity index (χ0v) is 20.9. The van der Waals surface area contributed by atoms with Crippen molar-refractivity contribution in [3.8, 4) is 5.75 Å². The Morgan fingerprint density at radius 3 is 2.30 bits per heavy atom. The molecule has 1 aliphatic rings. The largest absolute Gasteiger partial charge is 0.497 e. The molecule has 0 saturated carbocycles. The first kappa shape index (κ1) is 25.5. The molecule has 3 aromatic rings. The molecule has 0 aliphatic carbocycles. The van der Waals surface area contributed by atoms with E-state index >= 15 is 0 Å². The predicted octanol–water partition coefficient (Wildman–Crippen LogP) is 4.48. The highest BCUT2D eigenvalue weighted by Crippen LogP contribution is 2.32.